The van der Waals surface area contributed by atoms with Crippen LogP contribution in [0.2, 0.25) is 0 Å². The van der Waals surface area contributed by atoms with Crippen molar-refractivity contribution in [2.24, 2.45) is 0 Å². The summed E-state index contributed by atoms with van der Waals surface area (Å²) in [5.74, 6) is 0.307. The normalized spacial score (nSPS) is 10.2. The molecule has 0 N–H and O–H groups in total. The topological polar surface area (TPSA) is 20.3 Å². The maximum Gasteiger partial charge on any atom is 0.228 e. The fraction of sp³-hybridized carbons (Fsp3) is 0.167. The van der Waals surface area contributed by atoms with Crippen LogP contribution in [0.1, 0.15) is 6.42 Å². The van der Waals surface area contributed by atoms with Gasteiger partial charge in [-0.2, -0.15) is 0 Å². The second kappa shape index (κ2) is 8.39. The first-order valence-corrected chi connectivity index (χ1v) is 8.04. The standard InChI is InChI=1S/C18H18FNOS/c1-2-13-20(15-8-4-3-5-9-15)18(21)12-14-22-17-11-7-6-10-16(17)19/h2-11H,1,12-14H2. The Morgan fingerprint density at radius 1 is 1.14 bits per heavy atom. The number of hydrogen-bond acceptors (Lipinski definition) is 2. The zero-order valence-corrected chi connectivity index (χ0v) is 13.1. The number of halogens is 1. The van der Waals surface area contributed by atoms with Gasteiger partial charge in [0.25, 0.3) is 0 Å². The van der Waals surface area contributed by atoms with E-state index < -0.39 is 0 Å². The summed E-state index contributed by atoms with van der Waals surface area (Å²) in [7, 11) is 0. The van der Waals surface area contributed by atoms with Crippen LogP contribution in [0, 0.1) is 5.82 Å². The summed E-state index contributed by atoms with van der Waals surface area (Å²) in [6.45, 7) is 4.16. The van der Waals surface area contributed by atoms with E-state index in [1.54, 1.807) is 29.2 Å². The summed E-state index contributed by atoms with van der Waals surface area (Å²) in [6, 6.07) is 16.1. The number of rotatable bonds is 7. The van der Waals surface area contributed by atoms with Crippen molar-refractivity contribution in [3.05, 3.63) is 73.1 Å². The van der Waals surface area contributed by atoms with Crippen molar-refractivity contribution in [2.45, 2.75) is 11.3 Å². The SMILES string of the molecule is C=CCN(C(=O)CCSc1ccccc1F)c1ccccc1. The van der Waals surface area contributed by atoms with E-state index in [2.05, 4.69) is 6.58 Å². The van der Waals surface area contributed by atoms with Gasteiger partial charge >= 0.3 is 0 Å². The van der Waals surface area contributed by atoms with Gasteiger partial charge in [0.2, 0.25) is 5.91 Å². The molecule has 0 saturated carbocycles. The van der Waals surface area contributed by atoms with Gasteiger partial charge in [-0.05, 0) is 24.3 Å². The zero-order valence-electron chi connectivity index (χ0n) is 12.2. The molecule has 0 aliphatic carbocycles. The maximum absolute atomic E-state index is 13.5. The molecule has 22 heavy (non-hydrogen) atoms. The summed E-state index contributed by atoms with van der Waals surface area (Å²) in [5, 5.41) is 0. The van der Waals surface area contributed by atoms with Crippen molar-refractivity contribution in [1.82, 2.24) is 0 Å². The lowest BCUT2D eigenvalue weighted by molar-refractivity contribution is -0.118. The summed E-state index contributed by atoms with van der Waals surface area (Å²) in [6.07, 6.45) is 2.05. The van der Waals surface area contributed by atoms with E-state index in [0.717, 1.165) is 5.69 Å². The molecule has 0 fully saturated rings. The number of anilines is 1. The number of para-hydroxylation sites is 1. The zero-order chi connectivity index (χ0) is 15.8. The molecule has 0 unspecified atom stereocenters. The van der Waals surface area contributed by atoms with Crippen LogP contribution in [0.25, 0.3) is 0 Å². The Hall–Kier alpha value is -2.07. The number of benzene rings is 2. The van der Waals surface area contributed by atoms with Gasteiger partial charge in [0.05, 0.1) is 0 Å². The van der Waals surface area contributed by atoms with E-state index in [0.29, 0.717) is 23.6 Å². The van der Waals surface area contributed by atoms with Gasteiger partial charge < -0.3 is 4.90 Å². The van der Waals surface area contributed by atoms with E-state index in [1.165, 1.54) is 17.8 Å². The highest BCUT2D eigenvalue weighted by molar-refractivity contribution is 7.99. The molecular formula is C18H18FNOS. The first-order valence-electron chi connectivity index (χ1n) is 7.06. The van der Waals surface area contributed by atoms with E-state index in [-0.39, 0.29) is 11.7 Å². The Bertz CT molecular complexity index is 630. The largest absolute Gasteiger partial charge is 0.309 e. The molecule has 0 atom stereocenters. The third-order valence-corrected chi connectivity index (χ3v) is 4.14. The van der Waals surface area contributed by atoms with Crippen LogP contribution >= 0.6 is 11.8 Å². The number of amides is 1. The summed E-state index contributed by atoms with van der Waals surface area (Å²) < 4.78 is 13.5. The monoisotopic (exact) mass is 315 g/mol. The molecule has 4 heteroatoms. The first-order chi connectivity index (χ1) is 10.7. The third kappa shape index (κ3) is 4.46. The number of nitrogens with zero attached hydrogens (tertiary/aromatic N) is 1. The molecular weight excluding hydrogens is 297 g/mol. The van der Waals surface area contributed by atoms with E-state index in [4.69, 9.17) is 0 Å². The highest BCUT2D eigenvalue weighted by Crippen LogP contribution is 2.23. The molecule has 0 radical (unpaired) electrons. The minimum Gasteiger partial charge on any atom is -0.309 e. The van der Waals surface area contributed by atoms with Gasteiger partial charge in [-0.1, -0.05) is 36.4 Å². The molecule has 114 valence electrons. The lowest BCUT2D eigenvalue weighted by Crippen LogP contribution is -2.31. The van der Waals surface area contributed by atoms with Crippen LogP contribution in [-0.4, -0.2) is 18.2 Å². The molecule has 2 aromatic rings. The lowest BCUT2D eigenvalue weighted by Gasteiger charge is -2.21. The average Bonchev–Trinajstić information content (AvgIpc) is 2.55. The minimum atomic E-state index is -0.244. The van der Waals surface area contributed by atoms with Crippen molar-refractivity contribution in [3.8, 4) is 0 Å². The molecule has 0 aliphatic heterocycles. The molecule has 0 spiro atoms. The maximum atomic E-state index is 13.5. The van der Waals surface area contributed by atoms with Crippen LogP contribution in [0.4, 0.5) is 10.1 Å². The van der Waals surface area contributed by atoms with Gasteiger partial charge in [0.15, 0.2) is 0 Å². The van der Waals surface area contributed by atoms with Crippen molar-refractivity contribution >= 4 is 23.4 Å². The Morgan fingerprint density at radius 3 is 2.50 bits per heavy atom. The highest BCUT2D eigenvalue weighted by Gasteiger charge is 2.14. The first kappa shape index (κ1) is 16.3. The Balaban J connectivity index is 1.94. The molecule has 0 saturated heterocycles. The van der Waals surface area contributed by atoms with Crippen molar-refractivity contribution < 1.29 is 9.18 Å². The van der Waals surface area contributed by atoms with E-state index in [1.807, 2.05) is 30.3 Å². The molecule has 0 aromatic heterocycles. The van der Waals surface area contributed by atoms with Crippen LogP contribution < -0.4 is 4.90 Å². The van der Waals surface area contributed by atoms with E-state index in [9.17, 15) is 9.18 Å². The van der Waals surface area contributed by atoms with Crippen LogP contribution in [0.15, 0.2) is 72.1 Å². The molecule has 0 heterocycles. The number of thioether (sulfide) groups is 1. The third-order valence-electron chi connectivity index (χ3n) is 3.09. The quantitative estimate of drug-likeness (QED) is 0.553. The Morgan fingerprint density at radius 2 is 1.82 bits per heavy atom. The van der Waals surface area contributed by atoms with Crippen LogP contribution in [-0.2, 0) is 4.79 Å². The predicted molar refractivity (Wildman–Crippen MR) is 90.7 cm³/mol. The average molecular weight is 315 g/mol. The second-order valence-corrected chi connectivity index (χ2v) is 5.79. The molecule has 0 aliphatic rings. The predicted octanol–water partition coefficient (Wildman–Crippen LogP) is 4.53. The van der Waals surface area contributed by atoms with E-state index >= 15 is 0 Å². The highest BCUT2D eigenvalue weighted by atomic mass is 32.2. The minimum absolute atomic E-state index is 0.00920. The fourth-order valence-electron chi connectivity index (χ4n) is 2.03. The van der Waals surface area contributed by atoms with Gasteiger partial charge in [-0.3, -0.25) is 4.79 Å². The van der Waals surface area contributed by atoms with Gasteiger partial charge in [0.1, 0.15) is 5.82 Å². The molecule has 2 nitrogen and oxygen atoms in total. The Labute approximate surface area is 134 Å². The van der Waals surface area contributed by atoms with Gasteiger partial charge in [-0.15, -0.1) is 18.3 Å². The smallest absolute Gasteiger partial charge is 0.228 e. The van der Waals surface area contributed by atoms with Crippen molar-refractivity contribution in [2.75, 3.05) is 17.2 Å². The number of carbonyl (C=O) groups is 1. The van der Waals surface area contributed by atoms with Crippen molar-refractivity contribution in [1.29, 1.82) is 0 Å². The summed E-state index contributed by atoms with van der Waals surface area (Å²) in [5.41, 5.74) is 0.850. The second-order valence-electron chi connectivity index (χ2n) is 4.66. The number of hydrogen-bond donors (Lipinski definition) is 0. The van der Waals surface area contributed by atoms with Crippen LogP contribution in [0.5, 0.6) is 0 Å². The Kier molecular flexibility index (Phi) is 6.22. The molecule has 0 bridgehead atoms. The van der Waals surface area contributed by atoms with Gasteiger partial charge in [0, 0.05) is 29.3 Å². The molecule has 1 amide bonds. The number of carbonyl (C=O) groups excluding carboxylic acids is 1. The van der Waals surface area contributed by atoms with Gasteiger partial charge in [-0.25, -0.2) is 4.39 Å². The molecule has 2 rings (SSSR count). The summed E-state index contributed by atoms with van der Waals surface area (Å²) in [4.78, 5) is 14.6. The van der Waals surface area contributed by atoms with Crippen LogP contribution in [0.3, 0.4) is 0 Å². The lowest BCUT2D eigenvalue weighted by atomic mass is 10.2. The van der Waals surface area contributed by atoms with Crippen molar-refractivity contribution in [3.63, 3.8) is 0 Å². The summed E-state index contributed by atoms with van der Waals surface area (Å²) >= 11 is 1.36. The fourth-order valence-corrected chi connectivity index (χ4v) is 2.91. The molecule has 2 aromatic carbocycles.